The highest BCUT2D eigenvalue weighted by Gasteiger charge is 1.91. The van der Waals surface area contributed by atoms with Gasteiger partial charge in [-0.25, -0.2) is 4.21 Å². The normalized spacial score (nSPS) is 12.5. The van der Waals surface area contributed by atoms with Crippen molar-refractivity contribution in [2.75, 3.05) is 11.0 Å². The lowest BCUT2D eigenvalue weighted by Gasteiger charge is -2.00. The van der Waals surface area contributed by atoms with Gasteiger partial charge in [-0.2, -0.15) is 0 Å². The first kappa shape index (κ1) is 8.99. The van der Waals surface area contributed by atoms with Gasteiger partial charge < -0.3 is 4.72 Å². The minimum atomic E-state index is -0.976. The Bertz CT molecular complexity index is 260. The van der Waals surface area contributed by atoms with Crippen LogP contribution in [0.15, 0.2) is 24.3 Å². The molecule has 4 heteroatoms. The van der Waals surface area contributed by atoms with E-state index >= 15 is 0 Å². The van der Waals surface area contributed by atoms with E-state index in [1.165, 1.54) is 3.57 Å². The lowest BCUT2D eigenvalue weighted by molar-refractivity contribution is 0.690. The number of rotatable bonds is 2. The third kappa shape index (κ3) is 3.20. The molecule has 0 heterocycles. The second-order valence-electron chi connectivity index (χ2n) is 2.06. The molecule has 0 saturated carbocycles. The topological polar surface area (TPSA) is 29.1 Å². The molecule has 0 aromatic heterocycles. The summed E-state index contributed by atoms with van der Waals surface area (Å²) in [5.74, 6) is 0. The molecule has 1 aromatic rings. The summed E-state index contributed by atoms with van der Waals surface area (Å²) in [6.45, 7) is 0. The van der Waals surface area contributed by atoms with Crippen LogP contribution in [0.4, 0.5) is 5.69 Å². The molecular weight excluding hydrogens is 273 g/mol. The van der Waals surface area contributed by atoms with E-state index in [0.29, 0.717) is 0 Å². The monoisotopic (exact) mass is 281 g/mol. The fourth-order valence-corrected chi connectivity index (χ4v) is 1.51. The summed E-state index contributed by atoms with van der Waals surface area (Å²) >= 11 is 2.23. The highest BCUT2D eigenvalue weighted by atomic mass is 127. The van der Waals surface area contributed by atoms with Crippen molar-refractivity contribution in [1.82, 2.24) is 0 Å². The highest BCUT2D eigenvalue weighted by molar-refractivity contribution is 14.1. The van der Waals surface area contributed by atoms with Gasteiger partial charge in [-0.05, 0) is 46.9 Å². The number of halogens is 1. The van der Waals surface area contributed by atoms with Crippen molar-refractivity contribution >= 4 is 39.3 Å². The predicted molar refractivity (Wildman–Crippen MR) is 56.8 cm³/mol. The maximum Gasteiger partial charge on any atom is 0.113 e. The minimum Gasteiger partial charge on any atom is -0.305 e. The number of hydrogen-bond donors (Lipinski definition) is 1. The summed E-state index contributed by atoms with van der Waals surface area (Å²) in [5.41, 5.74) is 0.895. The first-order chi connectivity index (χ1) is 5.18. The van der Waals surface area contributed by atoms with Gasteiger partial charge in [-0.1, -0.05) is 0 Å². The molecule has 1 N–H and O–H groups in total. The van der Waals surface area contributed by atoms with E-state index in [4.69, 9.17) is 0 Å². The summed E-state index contributed by atoms with van der Waals surface area (Å²) in [6.07, 6.45) is 1.61. The zero-order valence-corrected chi connectivity index (χ0v) is 8.98. The number of benzene rings is 1. The third-order valence-electron chi connectivity index (χ3n) is 1.11. The Morgan fingerprint density at radius 2 is 1.91 bits per heavy atom. The highest BCUT2D eigenvalue weighted by Crippen LogP contribution is 2.10. The molecular formula is C7H8INOS. The lowest BCUT2D eigenvalue weighted by Crippen LogP contribution is -2.00. The maximum absolute atomic E-state index is 10.7. The standard InChI is InChI=1S/C7H8INOS/c1-11(10)9-7-4-2-6(8)3-5-7/h2-5,9H,1H3. The van der Waals surface area contributed by atoms with Gasteiger partial charge in [-0.3, -0.25) is 0 Å². The summed E-state index contributed by atoms with van der Waals surface area (Å²) < 4.78 is 14.7. The third-order valence-corrected chi connectivity index (χ3v) is 2.35. The zero-order valence-electron chi connectivity index (χ0n) is 6.00. The van der Waals surface area contributed by atoms with E-state index in [1.807, 2.05) is 24.3 Å². The van der Waals surface area contributed by atoms with Gasteiger partial charge in [0.25, 0.3) is 0 Å². The molecule has 1 atom stereocenters. The Balaban J connectivity index is 2.74. The van der Waals surface area contributed by atoms with Crippen LogP contribution in [0, 0.1) is 3.57 Å². The van der Waals surface area contributed by atoms with Gasteiger partial charge in [0.1, 0.15) is 11.0 Å². The zero-order chi connectivity index (χ0) is 8.27. The van der Waals surface area contributed by atoms with Crippen molar-refractivity contribution in [2.24, 2.45) is 0 Å². The first-order valence-corrected chi connectivity index (χ1v) is 5.68. The number of hydrogen-bond acceptors (Lipinski definition) is 1. The molecule has 0 fully saturated rings. The second kappa shape index (κ2) is 4.06. The van der Waals surface area contributed by atoms with Gasteiger partial charge in [0.15, 0.2) is 0 Å². The molecule has 60 valence electrons. The second-order valence-corrected chi connectivity index (χ2v) is 4.42. The van der Waals surface area contributed by atoms with E-state index < -0.39 is 11.0 Å². The van der Waals surface area contributed by atoms with Crippen molar-refractivity contribution in [3.8, 4) is 0 Å². The minimum absolute atomic E-state index is 0.895. The predicted octanol–water partition coefficient (Wildman–Crippen LogP) is 2.00. The molecule has 0 saturated heterocycles. The van der Waals surface area contributed by atoms with Crippen LogP contribution in [0.2, 0.25) is 0 Å². The molecule has 1 unspecified atom stereocenters. The van der Waals surface area contributed by atoms with E-state index in [-0.39, 0.29) is 0 Å². The van der Waals surface area contributed by atoms with Crippen LogP contribution in [-0.2, 0) is 11.0 Å². The molecule has 1 rings (SSSR count). The SMILES string of the molecule is CS(=O)Nc1ccc(I)cc1. The Hall–Kier alpha value is -0.100. The molecule has 11 heavy (non-hydrogen) atoms. The summed E-state index contributed by atoms with van der Waals surface area (Å²) in [5, 5.41) is 0. The van der Waals surface area contributed by atoms with Gasteiger partial charge in [0.2, 0.25) is 0 Å². The van der Waals surface area contributed by atoms with E-state index in [0.717, 1.165) is 5.69 Å². The summed E-state index contributed by atoms with van der Waals surface area (Å²) in [6, 6.07) is 7.75. The molecule has 0 aliphatic rings. The number of anilines is 1. The van der Waals surface area contributed by atoms with Crippen molar-refractivity contribution in [2.45, 2.75) is 0 Å². The summed E-state index contributed by atoms with van der Waals surface area (Å²) in [4.78, 5) is 0. The Morgan fingerprint density at radius 3 is 2.36 bits per heavy atom. The van der Waals surface area contributed by atoms with Crippen LogP contribution in [0.3, 0.4) is 0 Å². The van der Waals surface area contributed by atoms with E-state index in [9.17, 15) is 4.21 Å². The van der Waals surface area contributed by atoms with Crippen molar-refractivity contribution in [1.29, 1.82) is 0 Å². The average Bonchev–Trinajstić information content (AvgIpc) is 1.93. The molecule has 0 aliphatic heterocycles. The average molecular weight is 281 g/mol. The fourth-order valence-electron chi connectivity index (χ4n) is 0.684. The fraction of sp³-hybridized carbons (Fsp3) is 0.143. The van der Waals surface area contributed by atoms with E-state index in [1.54, 1.807) is 6.26 Å². The largest absolute Gasteiger partial charge is 0.305 e. The number of nitrogens with one attached hydrogen (secondary N) is 1. The maximum atomic E-state index is 10.7. The van der Waals surface area contributed by atoms with Gasteiger partial charge in [-0.15, -0.1) is 0 Å². The van der Waals surface area contributed by atoms with Crippen molar-refractivity contribution < 1.29 is 4.21 Å². The van der Waals surface area contributed by atoms with Crippen molar-refractivity contribution in [3.05, 3.63) is 27.8 Å². The van der Waals surface area contributed by atoms with Crippen LogP contribution in [-0.4, -0.2) is 10.5 Å². The molecule has 0 radical (unpaired) electrons. The Kier molecular flexibility index (Phi) is 3.32. The summed E-state index contributed by atoms with van der Waals surface area (Å²) in [7, 11) is -0.976. The molecule has 0 bridgehead atoms. The molecule has 0 amide bonds. The van der Waals surface area contributed by atoms with E-state index in [2.05, 4.69) is 27.3 Å². The van der Waals surface area contributed by atoms with Crippen LogP contribution in [0.1, 0.15) is 0 Å². The quantitative estimate of drug-likeness (QED) is 0.825. The Labute approximate surface area is 82.1 Å². The first-order valence-electron chi connectivity index (χ1n) is 3.04. The van der Waals surface area contributed by atoms with Gasteiger partial charge in [0.05, 0.1) is 0 Å². The molecule has 1 aromatic carbocycles. The smallest absolute Gasteiger partial charge is 0.113 e. The van der Waals surface area contributed by atoms with Crippen LogP contribution in [0.25, 0.3) is 0 Å². The van der Waals surface area contributed by atoms with Gasteiger partial charge in [0, 0.05) is 15.5 Å². The van der Waals surface area contributed by atoms with Crippen LogP contribution >= 0.6 is 22.6 Å². The molecule has 2 nitrogen and oxygen atoms in total. The van der Waals surface area contributed by atoms with Crippen LogP contribution in [0.5, 0.6) is 0 Å². The lowest BCUT2D eigenvalue weighted by atomic mass is 10.3. The Morgan fingerprint density at radius 1 is 1.36 bits per heavy atom. The molecule has 0 spiro atoms. The van der Waals surface area contributed by atoms with Crippen molar-refractivity contribution in [3.63, 3.8) is 0 Å². The van der Waals surface area contributed by atoms with Crippen LogP contribution < -0.4 is 4.72 Å². The molecule has 0 aliphatic carbocycles. The van der Waals surface area contributed by atoms with Gasteiger partial charge >= 0.3 is 0 Å².